The lowest BCUT2D eigenvalue weighted by molar-refractivity contribution is -0.132. The van der Waals surface area contributed by atoms with Crippen molar-refractivity contribution in [2.45, 2.75) is 64.7 Å². The Hall–Kier alpha value is -4.45. The van der Waals surface area contributed by atoms with Crippen LogP contribution < -0.4 is 10.5 Å². The molecule has 2 aromatic carbocycles. The third kappa shape index (κ3) is 7.01. The number of unbranched alkanes of at least 4 members (excludes halogenated alkanes) is 5. The number of anilines is 2. The fourth-order valence-electron chi connectivity index (χ4n) is 6.06. The van der Waals surface area contributed by atoms with E-state index in [2.05, 4.69) is 42.2 Å². The molecule has 0 spiro atoms. The van der Waals surface area contributed by atoms with E-state index >= 15 is 0 Å². The Kier molecular flexibility index (Phi) is 9.82. The van der Waals surface area contributed by atoms with Crippen LogP contribution in [0.1, 0.15) is 67.9 Å². The maximum atomic E-state index is 13.3. The van der Waals surface area contributed by atoms with Gasteiger partial charge >= 0.3 is 11.6 Å². The van der Waals surface area contributed by atoms with Crippen LogP contribution in [0.2, 0.25) is 0 Å². The lowest BCUT2D eigenvalue weighted by Gasteiger charge is -2.31. The van der Waals surface area contributed by atoms with Gasteiger partial charge in [0.1, 0.15) is 17.2 Å². The minimum absolute atomic E-state index is 0.309. The number of thiophene rings is 2. The van der Waals surface area contributed by atoms with E-state index in [1.54, 1.807) is 12.1 Å². The molecule has 0 saturated heterocycles. The number of aliphatic carboxylic acids is 1. The van der Waals surface area contributed by atoms with E-state index in [0.717, 1.165) is 57.2 Å². The summed E-state index contributed by atoms with van der Waals surface area (Å²) in [4.78, 5) is 30.2. The largest absolute Gasteiger partial charge is 0.477 e. The number of benzene rings is 2. The van der Waals surface area contributed by atoms with Crippen molar-refractivity contribution in [2.24, 2.45) is 0 Å². The number of nitrogens with zero attached hydrogens (tertiary/aromatic N) is 2. The van der Waals surface area contributed by atoms with Crippen LogP contribution in [-0.4, -0.2) is 17.6 Å². The highest BCUT2D eigenvalue weighted by Gasteiger charge is 2.21. The standard InChI is InChI=1S/C38H36N2O4S2/c1-2-3-4-5-6-7-9-25-11-13-29(14-12-25)40-19-8-10-26-20-27-22-31(38(43)44-33(27)23-32(26)40)34-17-18-36(46-34)35-16-15-30(45-35)21-28(24-39)37(41)42/h11-18,20-23H,2-10,19H2,1H3,(H,41,42). The smallest absolute Gasteiger partial charge is 0.346 e. The number of aryl methyl sites for hydroxylation is 2. The molecule has 0 fully saturated rings. The van der Waals surface area contributed by atoms with Crippen molar-refractivity contribution in [1.82, 2.24) is 0 Å². The van der Waals surface area contributed by atoms with Crippen LogP contribution in [-0.2, 0) is 17.6 Å². The molecule has 5 aromatic rings. The molecule has 8 heteroatoms. The van der Waals surface area contributed by atoms with E-state index in [9.17, 15) is 9.59 Å². The highest BCUT2D eigenvalue weighted by molar-refractivity contribution is 7.24. The molecule has 234 valence electrons. The summed E-state index contributed by atoms with van der Waals surface area (Å²) in [7, 11) is 0. The maximum Gasteiger partial charge on any atom is 0.346 e. The van der Waals surface area contributed by atoms with E-state index < -0.39 is 5.97 Å². The Bertz CT molecular complexity index is 1990. The van der Waals surface area contributed by atoms with Gasteiger partial charge in [-0.15, -0.1) is 22.7 Å². The van der Waals surface area contributed by atoms with Gasteiger partial charge in [-0.05, 0) is 91.4 Å². The molecule has 1 aliphatic heterocycles. The molecule has 0 atom stereocenters. The number of carboxylic acid groups (broad SMARTS) is 1. The molecule has 0 bridgehead atoms. The third-order valence-corrected chi connectivity index (χ3v) is 10.8. The molecule has 6 nitrogen and oxygen atoms in total. The first kappa shape index (κ1) is 31.5. The third-order valence-electron chi connectivity index (χ3n) is 8.50. The van der Waals surface area contributed by atoms with Gasteiger partial charge < -0.3 is 14.4 Å². The predicted octanol–water partition coefficient (Wildman–Crippen LogP) is 10.2. The van der Waals surface area contributed by atoms with Crippen LogP contribution >= 0.6 is 22.7 Å². The minimum atomic E-state index is -1.25. The van der Waals surface area contributed by atoms with Gasteiger partial charge in [-0.3, -0.25) is 0 Å². The Morgan fingerprint density at radius 2 is 1.70 bits per heavy atom. The normalized spacial score (nSPS) is 13.1. The van der Waals surface area contributed by atoms with Crippen molar-refractivity contribution >= 4 is 57.1 Å². The first-order chi connectivity index (χ1) is 22.4. The molecule has 46 heavy (non-hydrogen) atoms. The van der Waals surface area contributed by atoms with Crippen LogP contribution in [0.15, 0.2) is 81.5 Å². The minimum Gasteiger partial charge on any atom is -0.477 e. The van der Waals surface area contributed by atoms with Crippen LogP contribution in [0.25, 0.3) is 37.2 Å². The lowest BCUT2D eigenvalue weighted by Crippen LogP contribution is -2.24. The van der Waals surface area contributed by atoms with E-state index in [4.69, 9.17) is 14.8 Å². The number of carbonyl (C=O) groups is 1. The molecule has 0 saturated carbocycles. The zero-order valence-corrected chi connectivity index (χ0v) is 27.5. The topological polar surface area (TPSA) is 94.5 Å². The van der Waals surface area contributed by atoms with Crippen molar-refractivity contribution in [3.63, 3.8) is 0 Å². The van der Waals surface area contributed by atoms with Gasteiger partial charge in [-0.1, -0.05) is 51.2 Å². The van der Waals surface area contributed by atoms with Crippen molar-refractivity contribution in [3.8, 4) is 26.3 Å². The molecule has 3 aromatic heterocycles. The molecule has 0 amide bonds. The summed E-state index contributed by atoms with van der Waals surface area (Å²) in [6.07, 6.45) is 12.3. The van der Waals surface area contributed by atoms with Gasteiger partial charge in [0, 0.05) is 48.9 Å². The molecule has 6 rings (SSSR count). The van der Waals surface area contributed by atoms with Crippen LogP contribution in [0, 0.1) is 11.3 Å². The van der Waals surface area contributed by atoms with Crippen molar-refractivity contribution < 1.29 is 14.3 Å². The van der Waals surface area contributed by atoms with Crippen molar-refractivity contribution in [1.29, 1.82) is 5.26 Å². The van der Waals surface area contributed by atoms with E-state index in [-0.39, 0.29) is 11.2 Å². The number of carboxylic acids is 1. The average Bonchev–Trinajstić information content (AvgIpc) is 3.74. The lowest BCUT2D eigenvalue weighted by atomic mass is 9.98. The second kappa shape index (κ2) is 14.3. The van der Waals surface area contributed by atoms with E-state index in [0.29, 0.717) is 16.0 Å². The van der Waals surface area contributed by atoms with Gasteiger partial charge in [0.2, 0.25) is 0 Å². The zero-order chi connectivity index (χ0) is 32.0. The van der Waals surface area contributed by atoms with Gasteiger partial charge in [0.15, 0.2) is 0 Å². The Labute approximate surface area is 276 Å². The number of rotatable bonds is 12. The maximum absolute atomic E-state index is 13.3. The van der Waals surface area contributed by atoms with Crippen molar-refractivity contribution in [2.75, 3.05) is 11.4 Å². The Morgan fingerprint density at radius 1 is 0.957 bits per heavy atom. The first-order valence-corrected chi connectivity index (χ1v) is 17.6. The number of hydrogen-bond acceptors (Lipinski definition) is 7. The molecule has 0 radical (unpaired) electrons. The molecular weight excluding hydrogens is 613 g/mol. The molecule has 0 unspecified atom stereocenters. The average molecular weight is 649 g/mol. The fourth-order valence-corrected chi connectivity index (χ4v) is 8.11. The van der Waals surface area contributed by atoms with Gasteiger partial charge in [0.05, 0.1) is 5.56 Å². The number of nitriles is 1. The van der Waals surface area contributed by atoms with Gasteiger partial charge in [-0.2, -0.15) is 5.26 Å². The zero-order valence-electron chi connectivity index (χ0n) is 25.9. The summed E-state index contributed by atoms with van der Waals surface area (Å²) in [6.45, 7) is 3.17. The van der Waals surface area contributed by atoms with E-state index in [1.165, 1.54) is 78.4 Å². The Morgan fingerprint density at radius 3 is 2.48 bits per heavy atom. The van der Waals surface area contributed by atoms with Crippen molar-refractivity contribution in [3.05, 3.63) is 98.7 Å². The van der Waals surface area contributed by atoms with Crippen LogP contribution in [0.3, 0.4) is 0 Å². The summed E-state index contributed by atoms with van der Waals surface area (Å²) in [6, 6.07) is 24.3. The second-order valence-electron chi connectivity index (χ2n) is 11.7. The van der Waals surface area contributed by atoms with Gasteiger partial charge in [0.25, 0.3) is 0 Å². The molecule has 4 heterocycles. The molecular formula is C38H36N2O4S2. The molecule has 0 aliphatic carbocycles. The Balaban J connectivity index is 1.21. The van der Waals surface area contributed by atoms with Gasteiger partial charge in [-0.25, -0.2) is 9.59 Å². The van der Waals surface area contributed by atoms with Crippen LogP contribution in [0.4, 0.5) is 11.4 Å². The molecule has 1 aliphatic rings. The van der Waals surface area contributed by atoms with E-state index in [1.807, 2.05) is 30.3 Å². The second-order valence-corrected chi connectivity index (χ2v) is 13.9. The fraction of sp³-hybridized carbons (Fsp3) is 0.289. The summed E-state index contributed by atoms with van der Waals surface area (Å²) in [5, 5.41) is 19.1. The predicted molar refractivity (Wildman–Crippen MR) is 189 cm³/mol. The number of fused-ring (bicyclic) bond motifs is 2. The number of hydrogen-bond donors (Lipinski definition) is 1. The summed E-state index contributed by atoms with van der Waals surface area (Å²) in [5.41, 5.74) is 5.31. The first-order valence-electron chi connectivity index (χ1n) is 16.0. The quantitative estimate of drug-likeness (QED) is 0.0626. The highest BCUT2D eigenvalue weighted by Crippen LogP contribution is 2.40. The molecule has 1 N–H and O–H groups in total. The van der Waals surface area contributed by atoms with Crippen LogP contribution in [0.5, 0.6) is 0 Å². The SMILES string of the molecule is CCCCCCCCc1ccc(N2CCCc3cc4cc(-c5ccc(-c6ccc(C=C(C#N)C(=O)O)s6)s5)c(=O)oc4cc32)cc1. The summed E-state index contributed by atoms with van der Waals surface area (Å²) >= 11 is 2.88. The summed E-state index contributed by atoms with van der Waals surface area (Å²) in [5.74, 6) is -1.25. The monoisotopic (exact) mass is 648 g/mol. The summed E-state index contributed by atoms with van der Waals surface area (Å²) < 4.78 is 5.93. The highest BCUT2D eigenvalue weighted by atomic mass is 32.1.